The van der Waals surface area contributed by atoms with Crippen molar-refractivity contribution in [1.82, 2.24) is 15.5 Å². The fourth-order valence-electron chi connectivity index (χ4n) is 2.85. The van der Waals surface area contributed by atoms with Crippen molar-refractivity contribution in [3.8, 4) is 0 Å². The smallest absolute Gasteiger partial charge is 0.253 e. The Morgan fingerprint density at radius 2 is 1.73 bits per heavy atom. The summed E-state index contributed by atoms with van der Waals surface area (Å²) in [5, 5.41) is 6.42. The van der Waals surface area contributed by atoms with E-state index in [4.69, 9.17) is 23.2 Å². The van der Waals surface area contributed by atoms with Crippen LogP contribution in [0.2, 0.25) is 10.0 Å². The molecule has 1 atom stereocenters. The first-order valence-electron chi connectivity index (χ1n) is 9.55. The van der Waals surface area contributed by atoms with Gasteiger partial charge in [0.2, 0.25) is 5.91 Å². The molecule has 0 radical (unpaired) electrons. The molecule has 2 rings (SSSR count). The molecule has 5 nitrogen and oxygen atoms in total. The Kier molecular flexibility index (Phi) is 9.98. The van der Waals surface area contributed by atoms with Crippen LogP contribution < -0.4 is 10.6 Å². The van der Waals surface area contributed by atoms with E-state index < -0.39 is 11.9 Å². The van der Waals surface area contributed by atoms with E-state index in [1.807, 2.05) is 32.5 Å². The van der Waals surface area contributed by atoms with Crippen LogP contribution in [0.3, 0.4) is 0 Å². The molecule has 2 amide bonds. The summed E-state index contributed by atoms with van der Waals surface area (Å²) in [6, 6.07) is 12.1. The number of halogens is 2. The highest BCUT2D eigenvalue weighted by Gasteiger charge is 2.22. The third kappa shape index (κ3) is 7.84. The predicted octanol–water partition coefficient (Wildman–Crippen LogP) is 4.22. The second kappa shape index (κ2) is 12.2. The molecule has 2 N–H and O–H groups in total. The molecule has 0 aliphatic heterocycles. The maximum absolute atomic E-state index is 12.7. The highest BCUT2D eigenvalue weighted by Crippen LogP contribution is 2.21. The summed E-state index contributed by atoms with van der Waals surface area (Å²) in [5.74, 6) is 0.122. The van der Waals surface area contributed by atoms with Crippen molar-refractivity contribution in [3.63, 3.8) is 0 Å². The highest BCUT2D eigenvalue weighted by molar-refractivity contribution is 7.98. The Morgan fingerprint density at radius 3 is 2.33 bits per heavy atom. The van der Waals surface area contributed by atoms with Gasteiger partial charge in [0.05, 0.1) is 10.6 Å². The van der Waals surface area contributed by atoms with Crippen LogP contribution in [0.1, 0.15) is 27.9 Å². The monoisotopic (exact) mass is 467 g/mol. The van der Waals surface area contributed by atoms with Gasteiger partial charge in [-0.05, 0) is 61.9 Å². The van der Waals surface area contributed by atoms with Crippen LogP contribution in [-0.4, -0.2) is 48.9 Å². The van der Waals surface area contributed by atoms with Gasteiger partial charge in [-0.1, -0.05) is 47.5 Å². The largest absolute Gasteiger partial charge is 0.350 e. The fourth-order valence-corrected chi connectivity index (χ4v) is 3.82. The van der Waals surface area contributed by atoms with E-state index in [9.17, 15) is 9.59 Å². The molecule has 1 unspecified atom stereocenters. The van der Waals surface area contributed by atoms with Gasteiger partial charge in [-0.2, -0.15) is 11.8 Å². The minimum Gasteiger partial charge on any atom is -0.350 e. The van der Waals surface area contributed by atoms with Gasteiger partial charge in [-0.3, -0.25) is 9.59 Å². The minimum atomic E-state index is -0.648. The Hall–Kier alpha value is -1.73. The summed E-state index contributed by atoms with van der Waals surface area (Å²) in [5.41, 5.74) is 2.50. The standard InChI is InChI=1S/C22H27Cl2N3O2S/c1-27(2)14-16-6-4-15(5-7-16)13-25-22(29)20(10-11-30-3)26-21(28)18-9-8-17(23)12-19(18)24/h4-9,12,20H,10-11,13-14H2,1-3H3,(H,25,29)(H,26,28). The Labute approximate surface area is 192 Å². The second-order valence-electron chi connectivity index (χ2n) is 7.20. The maximum Gasteiger partial charge on any atom is 0.253 e. The molecule has 0 saturated carbocycles. The normalized spacial score (nSPS) is 11.9. The summed E-state index contributed by atoms with van der Waals surface area (Å²) < 4.78 is 0. The van der Waals surface area contributed by atoms with Crippen LogP contribution in [0.4, 0.5) is 0 Å². The zero-order valence-corrected chi connectivity index (χ0v) is 19.7. The lowest BCUT2D eigenvalue weighted by molar-refractivity contribution is -0.123. The van der Waals surface area contributed by atoms with E-state index in [2.05, 4.69) is 27.7 Å². The predicted molar refractivity (Wildman–Crippen MR) is 126 cm³/mol. The number of nitrogens with one attached hydrogen (secondary N) is 2. The van der Waals surface area contributed by atoms with Gasteiger partial charge >= 0.3 is 0 Å². The molecule has 0 aliphatic rings. The molecule has 0 fully saturated rings. The SMILES string of the molecule is CSCCC(NC(=O)c1ccc(Cl)cc1Cl)C(=O)NCc1ccc(CN(C)C)cc1. The number of nitrogens with zero attached hydrogens (tertiary/aromatic N) is 1. The average molecular weight is 468 g/mol. The van der Waals surface area contributed by atoms with Gasteiger partial charge < -0.3 is 15.5 Å². The first-order chi connectivity index (χ1) is 14.3. The lowest BCUT2D eigenvalue weighted by Gasteiger charge is -2.19. The number of carbonyl (C=O) groups is 2. The molecule has 0 bridgehead atoms. The molecule has 0 saturated heterocycles. The minimum absolute atomic E-state index is 0.222. The fraction of sp³-hybridized carbons (Fsp3) is 0.364. The molecule has 2 aromatic rings. The van der Waals surface area contributed by atoms with E-state index in [1.165, 1.54) is 11.6 Å². The van der Waals surface area contributed by atoms with Crippen molar-refractivity contribution >= 4 is 46.8 Å². The topological polar surface area (TPSA) is 61.4 Å². The molecule has 0 spiro atoms. The summed E-state index contributed by atoms with van der Waals surface area (Å²) in [6.45, 7) is 1.26. The van der Waals surface area contributed by atoms with Crippen molar-refractivity contribution in [2.45, 2.75) is 25.6 Å². The second-order valence-corrected chi connectivity index (χ2v) is 9.03. The molecular formula is C22H27Cl2N3O2S. The van der Waals surface area contributed by atoms with Crippen LogP contribution in [-0.2, 0) is 17.9 Å². The van der Waals surface area contributed by atoms with Crippen molar-refractivity contribution < 1.29 is 9.59 Å². The zero-order valence-electron chi connectivity index (χ0n) is 17.4. The van der Waals surface area contributed by atoms with E-state index in [1.54, 1.807) is 23.9 Å². The van der Waals surface area contributed by atoms with Gasteiger partial charge in [0.15, 0.2) is 0 Å². The van der Waals surface area contributed by atoms with Gasteiger partial charge in [0.1, 0.15) is 6.04 Å². The van der Waals surface area contributed by atoms with Gasteiger partial charge in [-0.15, -0.1) is 0 Å². The Balaban J connectivity index is 1.99. The molecule has 0 heterocycles. The third-order valence-corrected chi connectivity index (χ3v) is 5.59. The number of benzene rings is 2. The third-order valence-electron chi connectivity index (χ3n) is 4.40. The molecule has 162 valence electrons. The first kappa shape index (κ1) is 24.5. The van der Waals surface area contributed by atoms with Gasteiger partial charge in [0, 0.05) is 18.1 Å². The number of thioether (sulfide) groups is 1. The number of hydrogen-bond donors (Lipinski definition) is 2. The maximum atomic E-state index is 12.7. The number of carbonyl (C=O) groups excluding carboxylic acids is 2. The molecular weight excluding hydrogens is 441 g/mol. The molecule has 2 aromatic carbocycles. The Bertz CT molecular complexity index is 860. The summed E-state index contributed by atoms with van der Waals surface area (Å²) in [6.07, 6.45) is 2.48. The summed E-state index contributed by atoms with van der Waals surface area (Å²) in [4.78, 5) is 27.5. The Morgan fingerprint density at radius 1 is 1.07 bits per heavy atom. The molecule has 30 heavy (non-hydrogen) atoms. The molecule has 0 aliphatic carbocycles. The van der Waals surface area contributed by atoms with Crippen LogP contribution in [0.25, 0.3) is 0 Å². The lowest BCUT2D eigenvalue weighted by atomic mass is 10.1. The number of rotatable bonds is 10. The van der Waals surface area contributed by atoms with Crippen LogP contribution in [0.5, 0.6) is 0 Å². The van der Waals surface area contributed by atoms with E-state index in [0.717, 1.165) is 17.9 Å². The van der Waals surface area contributed by atoms with Gasteiger partial charge in [-0.25, -0.2) is 0 Å². The van der Waals surface area contributed by atoms with Crippen LogP contribution in [0, 0.1) is 0 Å². The van der Waals surface area contributed by atoms with E-state index in [-0.39, 0.29) is 10.9 Å². The molecule has 8 heteroatoms. The number of hydrogen-bond acceptors (Lipinski definition) is 4. The van der Waals surface area contributed by atoms with Crippen molar-refractivity contribution in [1.29, 1.82) is 0 Å². The first-order valence-corrected chi connectivity index (χ1v) is 11.7. The average Bonchev–Trinajstić information content (AvgIpc) is 2.69. The van der Waals surface area contributed by atoms with E-state index in [0.29, 0.717) is 23.6 Å². The van der Waals surface area contributed by atoms with Crippen molar-refractivity contribution in [3.05, 3.63) is 69.2 Å². The summed E-state index contributed by atoms with van der Waals surface area (Å²) in [7, 11) is 4.04. The lowest BCUT2D eigenvalue weighted by Crippen LogP contribution is -2.47. The zero-order chi connectivity index (χ0) is 22.1. The number of amides is 2. The van der Waals surface area contributed by atoms with Gasteiger partial charge in [0.25, 0.3) is 5.91 Å². The van der Waals surface area contributed by atoms with Crippen molar-refractivity contribution in [2.24, 2.45) is 0 Å². The van der Waals surface area contributed by atoms with Crippen molar-refractivity contribution in [2.75, 3.05) is 26.1 Å². The highest BCUT2D eigenvalue weighted by atomic mass is 35.5. The van der Waals surface area contributed by atoms with E-state index >= 15 is 0 Å². The molecule has 0 aromatic heterocycles. The van der Waals surface area contributed by atoms with Crippen LogP contribution in [0.15, 0.2) is 42.5 Å². The van der Waals surface area contributed by atoms with Crippen LogP contribution >= 0.6 is 35.0 Å². The summed E-state index contributed by atoms with van der Waals surface area (Å²) >= 11 is 13.6. The quantitative estimate of drug-likeness (QED) is 0.548.